The Hall–Kier alpha value is -2.36. The molecule has 0 atom stereocenters. The van der Waals surface area contributed by atoms with Crippen molar-refractivity contribution in [1.82, 2.24) is 4.98 Å². The van der Waals surface area contributed by atoms with E-state index in [4.69, 9.17) is 4.74 Å². The third-order valence-electron chi connectivity index (χ3n) is 3.80. The van der Waals surface area contributed by atoms with Gasteiger partial charge in [-0.25, -0.2) is 0 Å². The van der Waals surface area contributed by atoms with E-state index in [-0.39, 0.29) is 11.9 Å². The summed E-state index contributed by atoms with van der Waals surface area (Å²) in [5, 5.41) is 0. The van der Waals surface area contributed by atoms with Crippen LogP contribution in [0.15, 0.2) is 54.9 Å². The maximum atomic E-state index is 12.2. The number of anilines is 1. The van der Waals surface area contributed by atoms with Crippen molar-refractivity contribution in [3.8, 4) is 5.75 Å². The monoisotopic (exact) mass is 282 g/mol. The lowest BCUT2D eigenvalue weighted by atomic mass is 9.97. The van der Waals surface area contributed by atoms with Crippen LogP contribution in [0.4, 0.5) is 5.69 Å². The molecule has 2 aromatic rings. The van der Waals surface area contributed by atoms with E-state index in [1.54, 1.807) is 6.20 Å². The summed E-state index contributed by atoms with van der Waals surface area (Å²) in [6, 6.07) is 13.2. The summed E-state index contributed by atoms with van der Waals surface area (Å²) in [4.78, 5) is 18.6. The average molecular weight is 282 g/mol. The minimum Gasteiger partial charge on any atom is -0.426 e. The largest absolute Gasteiger partial charge is 0.426 e. The van der Waals surface area contributed by atoms with Gasteiger partial charge < -0.3 is 9.64 Å². The van der Waals surface area contributed by atoms with Gasteiger partial charge in [-0.15, -0.1) is 0 Å². The average Bonchev–Trinajstić information content (AvgIpc) is 2.57. The zero-order chi connectivity index (χ0) is 14.5. The van der Waals surface area contributed by atoms with Crippen LogP contribution in [0, 0.1) is 5.92 Å². The third-order valence-corrected chi connectivity index (χ3v) is 3.80. The highest BCUT2D eigenvalue weighted by Gasteiger charge is 2.26. The number of carbonyl (C=O) groups is 1. The number of hydrogen-bond acceptors (Lipinski definition) is 4. The van der Waals surface area contributed by atoms with Crippen LogP contribution in [0.2, 0.25) is 0 Å². The molecule has 0 N–H and O–H groups in total. The summed E-state index contributed by atoms with van der Waals surface area (Å²) in [6.45, 7) is 1.72. The Kier molecular flexibility index (Phi) is 4.15. The number of para-hydroxylation sites is 1. The quantitative estimate of drug-likeness (QED) is 0.641. The van der Waals surface area contributed by atoms with Gasteiger partial charge in [0.25, 0.3) is 0 Å². The molecule has 0 amide bonds. The molecule has 4 nitrogen and oxygen atoms in total. The van der Waals surface area contributed by atoms with E-state index in [0.29, 0.717) is 5.75 Å². The van der Waals surface area contributed by atoms with Crippen LogP contribution in [-0.2, 0) is 4.79 Å². The van der Waals surface area contributed by atoms with Crippen molar-refractivity contribution in [2.75, 3.05) is 18.0 Å². The van der Waals surface area contributed by atoms with Gasteiger partial charge in [-0.2, -0.15) is 0 Å². The molecule has 1 fully saturated rings. The van der Waals surface area contributed by atoms with Gasteiger partial charge in [-0.3, -0.25) is 9.78 Å². The van der Waals surface area contributed by atoms with E-state index in [9.17, 15) is 4.79 Å². The molecule has 108 valence electrons. The maximum Gasteiger partial charge on any atom is 0.314 e. The van der Waals surface area contributed by atoms with E-state index < -0.39 is 0 Å². The molecule has 1 saturated heterocycles. The molecular weight excluding hydrogens is 264 g/mol. The molecule has 0 bridgehead atoms. The molecule has 0 unspecified atom stereocenters. The normalized spacial score (nSPS) is 15.7. The molecule has 21 heavy (non-hydrogen) atoms. The summed E-state index contributed by atoms with van der Waals surface area (Å²) >= 11 is 0. The van der Waals surface area contributed by atoms with Gasteiger partial charge in [0.2, 0.25) is 0 Å². The van der Waals surface area contributed by atoms with Crippen molar-refractivity contribution in [3.63, 3.8) is 0 Å². The number of esters is 1. The standard InChI is InChI=1S/C17H18N2O2/c20-17(21-16-6-2-1-3-7-16)14-8-11-19(12-9-14)15-5-4-10-18-13-15/h1-7,10,13-14H,8-9,11-12H2. The molecule has 2 heterocycles. The number of rotatable bonds is 3. The Bertz CT molecular complexity index is 578. The minimum atomic E-state index is -0.118. The second kappa shape index (κ2) is 6.39. The summed E-state index contributed by atoms with van der Waals surface area (Å²) < 4.78 is 5.42. The fourth-order valence-electron chi connectivity index (χ4n) is 2.60. The van der Waals surface area contributed by atoms with Gasteiger partial charge in [0, 0.05) is 19.3 Å². The number of benzene rings is 1. The molecule has 4 heteroatoms. The Labute approximate surface area is 124 Å². The molecule has 1 aromatic heterocycles. The fraction of sp³-hybridized carbons (Fsp3) is 0.294. The first-order valence-corrected chi connectivity index (χ1v) is 7.24. The van der Waals surface area contributed by atoms with Crippen LogP contribution in [0.25, 0.3) is 0 Å². The number of pyridine rings is 1. The first kappa shape index (κ1) is 13.6. The Balaban J connectivity index is 1.55. The van der Waals surface area contributed by atoms with Crippen molar-refractivity contribution < 1.29 is 9.53 Å². The van der Waals surface area contributed by atoms with Crippen LogP contribution in [0.1, 0.15) is 12.8 Å². The van der Waals surface area contributed by atoms with Gasteiger partial charge in [0.1, 0.15) is 5.75 Å². The highest BCUT2D eigenvalue weighted by Crippen LogP contribution is 2.24. The molecule has 0 saturated carbocycles. The van der Waals surface area contributed by atoms with E-state index in [2.05, 4.69) is 16.0 Å². The van der Waals surface area contributed by atoms with E-state index in [0.717, 1.165) is 31.6 Å². The number of piperidine rings is 1. The predicted octanol–water partition coefficient (Wildman–Crippen LogP) is 2.90. The second-order valence-corrected chi connectivity index (χ2v) is 5.21. The van der Waals surface area contributed by atoms with E-state index in [1.807, 2.05) is 42.6 Å². The molecule has 1 aliphatic heterocycles. The third kappa shape index (κ3) is 3.40. The summed E-state index contributed by atoms with van der Waals surface area (Å²) in [5.41, 5.74) is 1.12. The number of hydrogen-bond donors (Lipinski definition) is 0. The van der Waals surface area contributed by atoms with Crippen LogP contribution in [-0.4, -0.2) is 24.0 Å². The Morgan fingerprint density at radius 2 is 1.86 bits per heavy atom. The van der Waals surface area contributed by atoms with Gasteiger partial charge in [0.15, 0.2) is 0 Å². The van der Waals surface area contributed by atoms with Crippen molar-refractivity contribution in [2.24, 2.45) is 5.92 Å². The molecule has 0 aliphatic carbocycles. The lowest BCUT2D eigenvalue weighted by Crippen LogP contribution is -2.37. The SMILES string of the molecule is O=C(Oc1ccccc1)C1CCN(c2cccnc2)CC1. The number of aromatic nitrogens is 1. The van der Waals surface area contributed by atoms with Crippen LogP contribution in [0.3, 0.4) is 0 Å². The minimum absolute atomic E-state index is 0.0156. The number of carbonyl (C=O) groups excluding carboxylic acids is 1. The summed E-state index contributed by atoms with van der Waals surface area (Å²) in [6.07, 6.45) is 5.28. The van der Waals surface area contributed by atoms with Gasteiger partial charge in [-0.05, 0) is 37.1 Å². The Morgan fingerprint density at radius 1 is 1.10 bits per heavy atom. The van der Waals surface area contributed by atoms with Crippen LogP contribution < -0.4 is 9.64 Å². The topological polar surface area (TPSA) is 42.4 Å². The second-order valence-electron chi connectivity index (χ2n) is 5.21. The lowest BCUT2D eigenvalue weighted by molar-refractivity contribution is -0.139. The van der Waals surface area contributed by atoms with E-state index in [1.165, 1.54) is 0 Å². The van der Waals surface area contributed by atoms with Crippen molar-refractivity contribution in [3.05, 3.63) is 54.9 Å². The zero-order valence-electron chi connectivity index (χ0n) is 11.8. The predicted molar refractivity (Wildman–Crippen MR) is 81.3 cm³/mol. The molecule has 3 rings (SSSR count). The van der Waals surface area contributed by atoms with Crippen LogP contribution >= 0.6 is 0 Å². The smallest absolute Gasteiger partial charge is 0.314 e. The van der Waals surface area contributed by atoms with Gasteiger partial charge in [-0.1, -0.05) is 18.2 Å². The molecule has 1 aromatic carbocycles. The molecule has 0 radical (unpaired) electrons. The molecular formula is C17H18N2O2. The zero-order valence-corrected chi connectivity index (χ0v) is 11.8. The van der Waals surface area contributed by atoms with Crippen LogP contribution in [0.5, 0.6) is 5.75 Å². The van der Waals surface area contributed by atoms with E-state index >= 15 is 0 Å². The summed E-state index contributed by atoms with van der Waals surface area (Å²) in [7, 11) is 0. The lowest BCUT2D eigenvalue weighted by Gasteiger charge is -2.32. The van der Waals surface area contributed by atoms with Crippen molar-refractivity contribution in [2.45, 2.75) is 12.8 Å². The van der Waals surface area contributed by atoms with Gasteiger partial charge >= 0.3 is 5.97 Å². The van der Waals surface area contributed by atoms with Crippen molar-refractivity contribution in [1.29, 1.82) is 0 Å². The van der Waals surface area contributed by atoms with Crippen molar-refractivity contribution >= 4 is 11.7 Å². The molecule has 0 spiro atoms. The number of ether oxygens (including phenoxy) is 1. The first-order valence-electron chi connectivity index (χ1n) is 7.24. The molecule has 1 aliphatic rings. The van der Waals surface area contributed by atoms with Gasteiger partial charge in [0.05, 0.1) is 17.8 Å². The number of nitrogens with zero attached hydrogens (tertiary/aromatic N) is 2. The highest BCUT2D eigenvalue weighted by atomic mass is 16.5. The first-order chi connectivity index (χ1) is 10.3. The summed E-state index contributed by atoms with van der Waals surface area (Å²) in [5.74, 6) is 0.488. The maximum absolute atomic E-state index is 12.2. The fourth-order valence-corrected chi connectivity index (χ4v) is 2.60. The highest BCUT2D eigenvalue weighted by molar-refractivity contribution is 5.75. The Morgan fingerprint density at radius 3 is 2.52 bits per heavy atom.